The van der Waals surface area contributed by atoms with Gasteiger partial charge < -0.3 is 5.11 Å². The lowest BCUT2D eigenvalue weighted by molar-refractivity contribution is 0.0688. The summed E-state index contributed by atoms with van der Waals surface area (Å²) in [6, 6.07) is 8.09. The van der Waals surface area contributed by atoms with E-state index in [1.165, 1.54) is 16.9 Å². The Morgan fingerprint density at radius 1 is 1.33 bits per heavy atom. The van der Waals surface area contributed by atoms with Gasteiger partial charge in [0, 0.05) is 5.38 Å². The van der Waals surface area contributed by atoms with Gasteiger partial charge in [-0.25, -0.2) is 9.78 Å². The Labute approximate surface area is 126 Å². The molecule has 0 fully saturated rings. The highest BCUT2D eigenvalue weighted by atomic mass is 32.1. The molecule has 4 nitrogen and oxygen atoms in total. The zero-order chi connectivity index (χ0) is 15.0. The number of fused-ring (bicyclic) bond motifs is 1. The molecule has 2 aromatic heterocycles. The van der Waals surface area contributed by atoms with Gasteiger partial charge in [-0.05, 0) is 18.9 Å². The largest absolute Gasteiger partial charge is 0.477 e. The molecule has 0 bridgehead atoms. The predicted octanol–water partition coefficient (Wildman–Crippen LogP) is 4.02. The fraction of sp³-hybridized carbons (Fsp3) is 0.250. The smallest absolute Gasteiger partial charge is 0.354 e. The molecule has 0 saturated carbocycles. The number of aromatic nitrogens is 2. The summed E-state index contributed by atoms with van der Waals surface area (Å²) in [4.78, 5) is 16.9. The van der Waals surface area contributed by atoms with Crippen LogP contribution >= 0.6 is 11.3 Å². The fourth-order valence-corrected chi connectivity index (χ4v) is 3.37. The molecule has 0 spiro atoms. The molecule has 0 radical (unpaired) electrons. The number of rotatable bonds is 4. The molecule has 0 aliphatic heterocycles. The second kappa shape index (κ2) is 5.33. The van der Waals surface area contributed by atoms with Gasteiger partial charge in [0.15, 0.2) is 10.7 Å². The van der Waals surface area contributed by atoms with Crippen molar-refractivity contribution in [3.63, 3.8) is 0 Å². The Morgan fingerprint density at radius 3 is 2.67 bits per heavy atom. The highest BCUT2D eigenvalue weighted by molar-refractivity contribution is 7.15. The van der Waals surface area contributed by atoms with Crippen molar-refractivity contribution in [1.82, 2.24) is 9.38 Å². The zero-order valence-corrected chi connectivity index (χ0v) is 12.8. The highest BCUT2D eigenvalue weighted by Crippen LogP contribution is 2.29. The lowest BCUT2D eigenvalue weighted by atomic mass is 10.1. The first-order valence-corrected chi connectivity index (χ1v) is 7.79. The molecular formula is C16H16N2O2S. The van der Waals surface area contributed by atoms with E-state index < -0.39 is 5.97 Å². The highest BCUT2D eigenvalue weighted by Gasteiger charge is 2.21. The van der Waals surface area contributed by atoms with E-state index in [0.29, 0.717) is 17.8 Å². The molecule has 3 rings (SSSR count). The molecule has 2 heterocycles. The molecular weight excluding hydrogens is 284 g/mol. The van der Waals surface area contributed by atoms with Crippen molar-refractivity contribution in [2.45, 2.75) is 26.7 Å². The maximum absolute atomic E-state index is 11.7. The average Bonchev–Trinajstić information content (AvgIpc) is 2.98. The molecule has 0 aliphatic carbocycles. The van der Waals surface area contributed by atoms with Crippen LogP contribution in [0.1, 0.15) is 35.1 Å². The van der Waals surface area contributed by atoms with Crippen LogP contribution in [0.5, 0.6) is 0 Å². The molecule has 21 heavy (non-hydrogen) atoms. The third-order valence-corrected chi connectivity index (χ3v) is 4.30. The number of imidazole rings is 1. The van der Waals surface area contributed by atoms with E-state index in [9.17, 15) is 9.90 Å². The number of nitrogens with zero attached hydrogens (tertiary/aromatic N) is 2. The van der Waals surface area contributed by atoms with Crippen LogP contribution < -0.4 is 0 Å². The minimum Gasteiger partial charge on any atom is -0.477 e. The molecule has 0 aliphatic rings. The molecule has 0 saturated heterocycles. The Morgan fingerprint density at radius 2 is 2.05 bits per heavy atom. The van der Waals surface area contributed by atoms with Crippen molar-refractivity contribution >= 4 is 22.3 Å². The number of benzene rings is 1. The Kier molecular flexibility index (Phi) is 3.51. The fourth-order valence-electron chi connectivity index (χ4n) is 2.46. The van der Waals surface area contributed by atoms with Gasteiger partial charge in [0.2, 0.25) is 0 Å². The summed E-state index contributed by atoms with van der Waals surface area (Å²) in [5.41, 5.74) is 4.05. The number of carboxylic acids is 1. The lowest BCUT2D eigenvalue weighted by Gasteiger charge is -2.04. The van der Waals surface area contributed by atoms with Gasteiger partial charge in [-0.2, -0.15) is 0 Å². The molecule has 5 heteroatoms. The zero-order valence-electron chi connectivity index (χ0n) is 12.0. The lowest BCUT2D eigenvalue weighted by Crippen LogP contribution is -2.06. The van der Waals surface area contributed by atoms with E-state index in [4.69, 9.17) is 0 Å². The quantitative estimate of drug-likeness (QED) is 0.791. The van der Waals surface area contributed by atoms with Crippen LogP contribution in [0.15, 0.2) is 29.6 Å². The normalized spacial score (nSPS) is 11.1. The van der Waals surface area contributed by atoms with Crippen LogP contribution in [-0.4, -0.2) is 20.5 Å². The van der Waals surface area contributed by atoms with Crippen molar-refractivity contribution in [2.24, 2.45) is 0 Å². The summed E-state index contributed by atoms with van der Waals surface area (Å²) in [5, 5.41) is 11.5. The van der Waals surface area contributed by atoms with Crippen LogP contribution in [0.25, 0.3) is 16.2 Å². The number of hydrogen-bond donors (Lipinski definition) is 1. The molecule has 0 amide bonds. The Balaban J connectivity index is 2.24. The first kappa shape index (κ1) is 13.8. The molecule has 0 unspecified atom stereocenters. The van der Waals surface area contributed by atoms with Crippen LogP contribution in [0.2, 0.25) is 0 Å². The van der Waals surface area contributed by atoms with Crippen molar-refractivity contribution < 1.29 is 9.90 Å². The number of thiazole rings is 1. The van der Waals surface area contributed by atoms with Gasteiger partial charge in [-0.1, -0.05) is 43.2 Å². The topological polar surface area (TPSA) is 54.6 Å². The second-order valence-electron chi connectivity index (χ2n) is 5.07. The number of aromatic carboxylic acids is 1. The molecule has 0 atom stereocenters. The minimum absolute atomic E-state index is 0.295. The third-order valence-electron chi connectivity index (χ3n) is 3.47. The average molecular weight is 300 g/mol. The molecule has 1 aromatic carbocycles. The predicted molar refractivity (Wildman–Crippen MR) is 84.2 cm³/mol. The number of aryl methyl sites for hydroxylation is 2. The maximum Gasteiger partial charge on any atom is 0.354 e. The summed E-state index contributed by atoms with van der Waals surface area (Å²) >= 11 is 1.48. The molecule has 3 aromatic rings. The van der Waals surface area contributed by atoms with Gasteiger partial charge in [0.05, 0.1) is 11.4 Å². The summed E-state index contributed by atoms with van der Waals surface area (Å²) in [5.74, 6) is -0.919. The summed E-state index contributed by atoms with van der Waals surface area (Å²) in [6.45, 7) is 4.06. The van der Waals surface area contributed by atoms with E-state index >= 15 is 0 Å². The number of carbonyl (C=O) groups is 1. The monoisotopic (exact) mass is 300 g/mol. The first-order chi connectivity index (χ1) is 10.1. The van der Waals surface area contributed by atoms with Gasteiger partial charge in [-0.15, -0.1) is 11.3 Å². The van der Waals surface area contributed by atoms with Crippen molar-refractivity contribution in [3.05, 3.63) is 46.6 Å². The van der Waals surface area contributed by atoms with E-state index in [2.05, 4.69) is 4.98 Å². The van der Waals surface area contributed by atoms with Crippen molar-refractivity contribution in [1.29, 1.82) is 0 Å². The second-order valence-corrected chi connectivity index (χ2v) is 5.90. The van der Waals surface area contributed by atoms with Crippen molar-refractivity contribution in [2.75, 3.05) is 0 Å². The molecule has 1 N–H and O–H groups in total. The van der Waals surface area contributed by atoms with E-state index in [-0.39, 0.29) is 0 Å². The van der Waals surface area contributed by atoms with E-state index in [1.54, 1.807) is 4.40 Å². The van der Waals surface area contributed by atoms with E-state index in [0.717, 1.165) is 22.6 Å². The van der Waals surface area contributed by atoms with Gasteiger partial charge >= 0.3 is 5.97 Å². The van der Waals surface area contributed by atoms with Crippen LogP contribution in [-0.2, 0) is 6.42 Å². The van der Waals surface area contributed by atoms with Gasteiger partial charge in [0.1, 0.15) is 0 Å². The Bertz CT molecular complexity index is 800. The molecule has 108 valence electrons. The van der Waals surface area contributed by atoms with Crippen molar-refractivity contribution in [3.8, 4) is 11.3 Å². The number of hydrogen-bond acceptors (Lipinski definition) is 3. The maximum atomic E-state index is 11.7. The van der Waals surface area contributed by atoms with Crippen LogP contribution in [0.3, 0.4) is 0 Å². The first-order valence-electron chi connectivity index (χ1n) is 6.91. The summed E-state index contributed by atoms with van der Waals surface area (Å²) in [7, 11) is 0. The van der Waals surface area contributed by atoms with E-state index in [1.807, 2.05) is 43.5 Å². The number of carboxylic acid groups (broad SMARTS) is 1. The van der Waals surface area contributed by atoms with Crippen LogP contribution in [0.4, 0.5) is 0 Å². The SMILES string of the molecule is CCCc1nc2scc(-c3ccc(C)cc3)n2c1C(=O)O. The standard InChI is InChI=1S/C16H16N2O2S/c1-3-4-12-14(15(19)20)18-13(9-21-16(18)17-12)11-7-5-10(2)6-8-11/h5-9H,3-4H2,1-2H3,(H,19,20). The third kappa shape index (κ3) is 2.34. The van der Waals surface area contributed by atoms with Gasteiger partial charge in [-0.3, -0.25) is 4.40 Å². The summed E-state index contributed by atoms with van der Waals surface area (Å²) in [6.07, 6.45) is 1.56. The summed E-state index contributed by atoms with van der Waals surface area (Å²) < 4.78 is 1.77. The Hall–Kier alpha value is -2.14. The minimum atomic E-state index is -0.919. The van der Waals surface area contributed by atoms with Gasteiger partial charge in [0.25, 0.3) is 0 Å². The van der Waals surface area contributed by atoms with Crippen LogP contribution in [0, 0.1) is 6.92 Å².